The molecule has 4 aromatic rings. The summed E-state index contributed by atoms with van der Waals surface area (Å²) in [5.74, 6) is 0.318. The molecular weight excluding hydrogens is 364 g/mol. The summed E-state index contributed by atoms with van der Waals surface area (Å²) < 4.78 is 29.0. The van der Waals surface area contributed by atoms with E-state index < -0.39 is 10.0 Å². The van der Waals surface area contributed by atoms with E-state index in [1.165, 1.54) is 12.1 Å². The minimum Gasteiger partial charge on any atom is -0.455 e. The molecule has 0 bridgehead atoms. The first-order chi connectivity index (χ1) is 12.9. The monoisotopic (exact) mass is 378 g/mol. The molecule has 134 valence electrons. The van der Waals surface area contributed by atoms with Crippen molar-refractivity contribution in [2.75, 3.05) is 0 Å². The molecule has 2 aromatic carbocycles. The normalized spacial score (nSPS) is 11.6. The van der Waals surface area contributed by atoms with Crippen molar-refractivity contribution in [2.45, 2.75) is 4.90 Å². The molecule has 0 saturated carbocycles. The van der Waals surface area contributed by atoms with Gasteiger partial charge in [0.1, 0.15) is 11.3 Å². The number of pyridine rings is 1. The number of primary sulfonamides is 1. The second-order valence-electron chi connectivity index (χ2n) is 5.92. The van der Waals surface area contributed by atoms with E-state index in [-0.39, 0.29) is 10.3 Å². The van der Waals surface area contributed by atoms with E-state index in [0.29, 0.717) is 33.6 Å². The Hall–Kier alpha value is -3.29. The molecule has 0 atom stereocenters. The molecule has 0 amide bonds. The van der Waals surface area contributed by atoms with Crippen LogP contribution in [0.2, 0.25) is 0 Å². The average Bonchev–Trinajstić information content (AvgIpc) is 2.68. The second-order valence-corrected chi connectivity index (χ2v) is 7.48. The summed E-state index contributed by atoms with van der Waals surface area (Å²) in [6.07, 6.45) is 1.60. The van der Waals surface area contributed by atoms with Gasteiger partial charge in [0.15, 0.2) is 0 Å². The zero-order valence-electron chi connectivity index (χ0n) is 14.0. The van der Waals surface area contributed by atoms with Gasteiger partial charge in [0.2, 0.25) is 15.5 Å². The van der Waals surface area contributed by atoms with Crippen molar-refractivity contribution in [3.63, 3.8) is 0 Å². The molecule has 0 aliphatic rings. The summed E-state index contributed by atoms with van der Waals surface area (Å²) in [7, 11) is -3.81. The van der Waals surface area contributed by atoms with Gasteiger partial charge in [-0.05, 0) is 48.5 Å². The minimum absolute atomic E-state index is 0.0197. The van der Waals surface area contributed by atoms with Gasteiger partial charge in [-0.2, -0.15) is 0 Å². The van der Waals surface area contributed by atoms with Crippen molar-refractivity contribution in [1.82, 2.24) is 4.98 Å². The fourth-order valence-electron chi connectivity index (χ4n) is 2.88. The lowest BCUT2D eigenvalue weighted by atomic mass is 10.0. The zero-order chi connectivity index (χ0) is 19.0. The number of hydrogen-bond donors (Lipinski definition) is 1. The maximum atomic E-state index is 13.1. The highest BCUT2D eigenvalue weighted by atomic mass is 32.2. The Morgan fingerprint density at radius 2 is 1.59 bits per heavy atom. The van der Waals surface area contributed by atoms with Crippen molar-refractivity contribution in [2.24, 2.45) is 5.14 Å². The first kappa shape index (κ1) is 17.1. The molecule has 0 unspecified atom stereocenters. The number of benzene rings is 2. The molecule has 0 fully saturated rings. The molecular formula is C20H14N2O4S. The van der Waals surface area contributed by atoms with E-state index in [9.17, 15) is 13.2 Å². The second kappa shape index (κ2) is 6.46. The smallest absolute Gasteiger partial charge is 0.238 e. The Morgan fingerprint density at radius 1 is 0.889 bits per heavy atom. The Bertz CT molecular complexity index is 1300. The number of hydrogen-bond acceptors (Lipinski definition) is 5. The number of nitrogens with zero attached hydrogens (tertiary/aromatic N) is 1. The van der Waals surface area contributed by atoms with Crippen molar-refractivity contribution in [3.05, 3.63) is 83.2 Å². The third-order valence-corrected chi connectivity index (χ3v) is 5.09. The van der Waals surface area contributed by atoms with Crippen molar-refractivity contribution < 1.29 is 12.8 Å². The number of para-hydroxylation sites is 1. The molecule has 0 spiro atoms. The third kappa shape index (κ3) is 3.14. The maximum Gasteiger partial charge on any atom is 0.238 e. The van der Waals surface area contributed by atoms with Gasteiger partial charge in [0.25, 0.3) is 0 Å². The molecule has 6 nitrogen and oxygen atoms in total. The van der Waals surface area contributed by atoms with Crippen molar-refractivity contribution >= 4 is 21.0 Å². The van der Waals surface area contributed by atoms with E-state index in [2.05, 4.69) is 4.98 Å². The summed E-state index contributed by atoms with van der Waals surface area (Å²) in [6.45, 7) is 0. The fraction of sp³-hybridized carbons (Fsp3) is 0. The standard InChI is InChI=1S/C20H14N2O4S/c21-27(24,25)14-10-8-13(9-11-14)20-18(16-6-3-4-12-22-16)19(23)15-5-1-2-7-17(15)26-20/h1-12H,(H2,21,24,25). The van der Waals surface area contributed by atoms with Crippen LogP contribution in [0.3, 0.4) is 0 Å². The molecule has 4 rings (SSSR count). The van der Waals surface area contributed by atoms with Crippen LogP contribution in [0.25, 0.3) is 33.6 Å². The number of aromatic nitrogens is 1. The first-order valence-corrected chi connectivity index (χ1v) is 9.60. The van der Waals surface area contributed by atoms with Crippen LogP contribution >= 0.6 is 0 Å². The van der Waals surface area contributed by atoms with Crippen LogP contribution in [-0.2, 0) is 10.0 Å². The fourth-order valence-corrected chi connectivity index (χ4v) is 3.40. The van der Waals surface area contributed by atoms with Gasteiger partial charge in [-0.25, -0.2) is 13.6 Å². The zero-order valence-corrected chi connectivity index (χ0v) is 14.8. The maximum absolute atomic E-state index is 13.1. The number of rotatable bonds is 3. The Balaban J connectivity index is 2.03. The first-order valence-electron chi connectivity index (χ1n) is 8.05. The van der Waals surface area contributed by atoms with Crippen molar-refractivity contribution in [3.8, 4) is 22.6 Å². The van der Waals surface area contributed by atoms with E-state index in [0.717, 1.165) is 0 Å². The Labute approximate surface area is 155 Å². The van der Waals surface area contributed by atoms with E-state index in [4.69, 9.17) is 9.56 Å². The quantitative estimate of drug-likeness (QED) is 0.590. The molecule has 0 saturated heterocycles. The minimum atomic E-state index is -3.81. The summed E-state index contributed by atoms with van der Waals surface area (Å²) in [6, 6.07) is 18.1. The lowest BCUT2D eigenvalue weighted by molar-refractivity contribution is 0.597. The summed E-state index contributed by atoms with van der Waals surface area (Å²) in [4.78, 5) is 17.4. The van der Waals surface area contributed by atoms with Crippen LogP contribution in [0.4, 0.5) is 0 Å². The highest BCUT2D eigenvalue weighted by molar-refractivity contribution is 7.89. The Morgan fingerprint density at radius 3 is 2.26 bits per heavy atom. The van der Waals surface area contributed by atoms with Gasteiger partial charge in [-0.3, -0.25) is 9.78 Å². The van der Waals surface area contributed by atoms with Crippen LogP contribution in [0.15, 0.2) is 87.0 Å². The van der Waals surface area contributed by atoms with E-state index in [1.54, 1.807) is 60.8 Å². The summed E-state index contributed by atoms with van der Waals surface area (Å²) in [5.41, 5.74) is 1.57. The van der Waals surface area contributed by atoms with Crippen LogP contribution in [-0.4, -0.2) is 13.4 Å². The molecule has 0 aliphatic heterocycles. The van der Waals surface area contributed by atoms with Crippen LogP contribution in [0, 0.1) is 0 Å². The molecule has 0 radical (unpaired) electrons. The van der Waals surface area contributed by atoms with Crippen LogP contribution in [0.1, 0.15) is 0 Å². The number of sulfonamides is 1. The largest absolute Gasteiger partial charge is 0.455 e. The summed E-state index contributed by atoms with van der Waals surface area (Å²) in [5, 5.41) is 5.60. The topological polar surface area (TPSA) is 103 Å². The highest BCUT2D eigenvalue weighted by Gasteiger charge is 2.19. The molecule has 7 heteroatoms. The Kier molecular flexibility index (Phi) is 4.10. The summed E-state index contributed by atoms with van der Waals surface area (Å²) >= 11 is 0. The van der Waals surface area contributed by atoms with Gasteiger partial charge in [0, 0.05) is 11.8 Å². The molecule has 2 N–H and O–H groups in total. The predicted octanol–water partition coefficient (Wildman–Crippen LogP) is 3.17. The lowest BCUT2D eigenvalue weighted by Crippen LogP contribution is -2.12. The average molecular weight is 378 g/mol. The highest BCUT2D eigenvalue weighted by Crippen LogP contribution is 2.32. The van der Waals surface area contributed by atoms with E-state index in [1.807, 2.05) is 0 Å². The molecule has 27 heavy (non-hydrogen) atoms. The molecule has 0 aliphatic carbocycles. The van der Waals surface area contributed by atoms with Gasteiger partial charge in [-0.15, -0.1) is 0 Å². The number of nitrogens with two attached hydrogens (primary N) is 1. The van der Waals surface area contributed by atoms with Gasteiger partial charge in [0.05, 0.1) is 21.5 Å². The van der Waals surface area contributed by atoms with Crippen molar-refractivity contribution in [1.29, 1.82) is 0 Å². The lowest BCUT2D eigenvalue weighted by Gasteiger charge is -2.10. The van der Waals surface area contributed by atoms with Gasteiger partial charge in [-0.1, -0.05) is 18.2 Å². The predicted molar refractivity (Wildman–Crippen MR) is 103 cm³/mol. The van der Waals surface area contributed by atoms with Gasteiger partial charge < -0.3 is 4.42 Å². The third-order valence-electron chi connectivity index (χ3n) is 4.16. The molecule has 2 aromatic heterocycles. The van der Waals surface area contributed by atoms with Gasteiger partial charge >= 0.3 is 0 Å². The van der Waals surface area contributed by atoms with Crippen LogP contribution < -0.4 is 10.6 Å². The van der Waals surface area contributed by atoms with Crippen LogP contribution in [0.5, 0.6) is 0 Å². The van der Waals surface area contributed by atoms with E-state index >= 15 is 0 Å². The molecule has 2 heterocycles. The number of fused-ring (bicyclic) bond motifs is 1. The SMILES string of the molecule is NS(=O)(=O)c1ccc(-c2oc3ccccc3c(=O)c2-c2ccccn2)cc1.